The van der Waals surface area contributed by atoms with Crippen LogP contribution in [0.3, 0.4) is 0 Å². The van der Waals surface area contributed by atoms with Gasteiger partial charge in [-0.2, -0.15) is 0 Å². The van der Waals surface area contributed by atoms with E-state index in [9.17, 15) is 14.3 Å². The predicted octanol–water partition coefficient (Wildman–Crippen LogP) is 1.84. The van der Waals surface area contributed by atoms with E-state index in [2.05, 4.69) is 0 Å². The van der Waals surface area contributed by atoms with Crippen LogP contribution in [0.1, 0.15) is 34.9 Å². The zero-order chi connectivity index (χ0) is 9.42. The number of hydrogen-bond acceptors (Lipinski definition) is 2. The molecule has 1 aromatic rings. The van der Waals surface area contributed by atoms with Crippen molar-refractivity contribution < 1.29 is 14.3 Å². The number of fused-ring (bicyclic) bond motifs is 1. The summed E-state index contributed by atoms with van der Waals surface area (Å²) in [6, 6.07) is 4.31. The Hall–Kier alpha value is -1.22. The number of halogens is 1. The van der Waals surface area contributed by atoms with Gasteiger partial charge in [-0.15, -0.1) is 0 Å². The van der Waals surface area contributed by atoms with Crippen LogP contribution in [0.15, 0.2) is 18.2 Å². The summed E-state index contributed by atoms with van der Waals surface area (Å²) in [4.78, 5) is 11.3. The Balaban J connectivity index is 2.63. The van der Waals surface area contributed by atoms with Crippen molar-refractivity contribution in [1.82, 2.24) is 0 Å². The van der Waals surface area contributed by atoms with Crippen molar-refractivity contribution in [3.63, 3.8) is 0 Å². The molecular formula is C10H9FO2. The van der Waals surface area contributed by atoms with E-state index >= 15 is 0 Å². The minimum Gasteiger partial charge on any atom is -0.388 e. The van der Waals surface area contributed by atoms with Crippen molar-refractivity contribution in [2.75, 3.05) is 0 Å². The van der Waals surface area contributed by atoms with Crippen LogP contribution in [-0.4, -0.2) is 10.9 Å². The Labute approximate surface area is 75.0 Å². The topological polar surface area (TPSA) is 37.3 Å². The molecule has 13 heavy (non-hydrogen) atoms. The van der Waals surface area contributed by atoms with Gasteiger partial charge in [0, 0.05) is 17.5 Å². The van der Waals surface area contributed by atoms with Crippen molar-refractivity contribution >= 4 is 5.78 Å². The van der Waals surface area contributed by atoms with Gasteiger partial charge < -0.3 is 5.11 Å². The van der Waals surface area contributed by atoms with Gasteiger partial charge >= 0.3 is 0 Å². The van der Waals surface area contributed by atoms with E-state index < -0.39 is 11.9 Å². The number of carbonyl (C=O) groups excluding carboxylic acids is 1. The van der Waals surface area contributed by atoms with Gasteiger partial charge in [0.1, 0.15) is 5.82 Å². The fourth-order valence-electron chi connectivity index (χ4n) is 1.67. The van der Waals surface area contributed by atoms with Crippen LogP contribution in [0.4, 0.5) is 4.39 Å². The number of rotatable bonds is 0. The number of Topliss-reactive ketones (excluding diaryl/α,β-unsaturated/α-hetero) is 1. The molecule has 0 saturated carbocycles. The third kappa shape index (κ3) is 1.25. The number of benzene rings is 1. The van der Waals surface area contributed by atoms with Crippen molar-refractivity contribution in [2.45, 2.75) is 18.9 Å². The van der Waals surface area contributed by atoms with Gasteiger partial charge in [0.15, 0.2) is 5.78 Å². The van der Waals surface area contributed by atoms with Crippen molar-refractivity contribution in [3.8, 4) is 0 Å². The van der Waals surface area contributed by atoms with Crippen LogP contribution in [0.25, 0.3) is 0 Å². The minimum absolute atomic E-state index is 0.0835. The van der Waals surface area contributed by atoms with E-state index in [1.54, 1.807) is 6.07 Å². The first-order chi connectivity index (χ1) is 6.20. The lowest BCUT2D eigenvalue weighted by molar-refractivity contribution is 0.0890. The van der Waals surface area contributed by atoms with Crippen molar-refractivity contribution in [1.29, 1.82) is 0 Å². The molecule has 0 heterocycles. The van der Waals surface area contributed by atoms with E-state index in [1.165, 1.54) is 12.1 Å². The largest absolute Gasteiger partial charge is 0.388 e. The lowest BCUT2D eigenvalue weighted by Crippen LogP contribution is -2.16. The molecular weight excluding hydrogens is 171 g/mol. The highest BCUT2D eigenvalue weighted by atomic mass is 19.1. The predicted molar refractivity (Wildman–Crippen MR) is 44.9 cm³/mol. The quantitative estimate of drug-likeness (QED) is 0.661. The summed E-state index contributed by atoms with van der Waals surface area (Å²) < 4.78 is 13.2. The summed E-state index contributed by atoms with van der Waals surface area (Å²) in [5.41, 5.74) is 0.498. The van der Waals surface area contributed by atoms with Gasteiger partial charge in [-0.3, -0.25) is 4.79 Å². The molecule has 2 rings (SSSR count). The fourth-order valence-corrected chi connectivity index (χ4v) is 1.67. The van der Waals surface area contributed by atoms with Crippen LogP contribution in [0, 0.1) is 5.82 Å². The monoisotopic (exact) mass is 180 g/mol. The first kappa shape index (κ1) is 8.38. The molecule has 2 nitrogen and oxygen atoms in total. The molecule has 1 aliphatic rings. The zero-order valence-electron chi connectivity index (χ0n) is 6.96. The summed E-state index contributed by atoms with van der Waals surface area (Å²) in [7, 11) is 0. The van der Waals surface area contributed by atoms with Crippen LogP contribution < -0.4 is 0 Å². The summed E-state index contributed by atoms with van der Waals surface area (Å²) in [6.07, 6.45) is -0.196. The third-order valence-corrected chi connectivity index (χ3v) is 2.33. The molecule has 1 aromatic carbocycles. The maximum Gasteiger partial charge on any atom is 0.163 e. The van der Waals surface area contributed by atoms with Gasteiger partial charge in [-0.05, 0) is 12.5 Å². The Morgan fingerprint density at radius 2 is 2.23 bits per heavy atom. The standard InChI is InChI=1S/C10H9FO2/c11-7-3-1-2-6-8(12)4-5-9(13)10(6)7/h1-3,9,13H,4-5H2. The van der Waals surface area contributed by atoms with Crippen LogP contribution in [0.2, 0.25) is 0 Å². The number of hydrogen-bond donors (Lipinski definition) is 1. The van der Waals surface area contributed by atoms with E-state index in [-0.39, 0.29) is 11.3 Å². The molecule has 68 valence electrons. The van der Waals surface area contributed by atoms with Crippen LogP contribution in [-0.2, 0) is 0 Å². The summed E-state index contributed by atoms with van der Waals surface area (Å²) >= 11 is 0. The third-order valence-electron chi connectivity index (χ3n) is 2.33. The molecule has 1 atom stereocenters. The molecule has 0 spiro atoms. The van der Waals surface area contributed by atoms with Gasteiger partial charge in [-0.25, -0.2) is 4.39 Å². The Bertz CT molecular complexity index is 360. The van der Waals surface area contributed by atoms with E-state index in [0.717, 1.165) is 0 Å². The molecule has 1 aliphatic carbocycles. The van der Waals surface area contributed by atoms with Crippen LogP contribution in [0.5, 0.6) is 0 Å². The molecule has 0 radical (unpaired) electrons. The first-order valence-electron chi connectivity index (χ1n) is 4.20. The van der Waals surface area contributed by atoms with Gasteiger partial charge in [0.25, 0.3) is 0 Å². The van der Waals surface area contributed by atoms with E-state index in [4.69, 9.17) is 0 Å². The Morgan fingerprint density at radius 1 is 1.46 bits per heavy atom. The summed E-state index contributed by atoms with van der Waals surface area (Å²) in [5.74, 6) is -0.571. The molecule has 0 aliphatic heterocycles. The SMILES string of the molecule is O=C1CCC(O)c2c(F)cccc21. The summed E-state index contributed by atoms with van der Waals surface area (Å²) in [5, 5.41) is 9.47. The first-order valence-corrected chi connectivity index (χ1v) is 4.20. The zero-order valence-corrected chi connectivity index (χ0v) is 6.96. The second-order valence-corrected chi connectivity index (χ2v) is 3.18. The maximum atomic E-state index is 13.2. The lowest BCUT2D eigenvalue weighted by atomic mass is 9.88. The molecule has 0 fully saturated rings. The second-order valence-electron chi connectivity index (χ2n) is 3.18. The molecule has 1 unspecified atom stereocenters. The molecule has 3 heteroatoms. The molecule has 0 saturated heterocycles. The summed E-state index contributed by atoms with van der Waals surface area (Å²) in [6.45, 7) is 0. The minimum atomic E-state index is -0.825. The highest BCUT2D eigenvalue weighted by Crippen LogP contribution is 2.31. The lowest BCUT2D eigenvalue weighted by Gasteiger charge is -2.20. The molecule has 0 amide bonds. The van der Waals surface area contributed by atoms with E-state index in [1.807, 2.05) is 0 Å². The van der Waals surface area contributed by atoms with Crippen molar-refractivity contribution in [2.24, 2.45) is 0 Å². The smallest absolute Gasteiger partial charge is 0.163 e. The Morgan fingerprint density at radius 3 is 2.92 bits per heavy atom. The van der Waals surface area contributed by atoms with E-state index in [0.29, 0.717) is 18.4 Å². The highest BCUT2D eigenvalue weighted by Gasteiger charge is 2.26. The van der Waals surface area contributed by atoms with Crippen LogP contribution >= 0.6 is 0 Å². The number of aliphatic hydroxyl groups excluding tert-OH is 1. The number of carbonyl (C=O) groups is 1. The van der Waals surface area contributed by atoms with Gasteiger partial charge in [-0.1, -0.05) is 12.1 Å². The maximum absolute atomic E-state index is 13.2. The van der Waals surface area contributed by atoms with Gasteiger partial charge in [0.05, 0.1) is 6.10 Å². The Kier molecular flexibility index (Phi) is 1.88. The average molecular weight is 180 g/mol. The normalized spacial score (nSPS) is 21.4. The number of ketones is 1. The molecule has 1 N–H and O–H groups in total. The fraction of sp³-hybridized carbons (Fsp3) is 0.300. The second kappa shape index (κ2) is 2.92. The highest BCUT2D eigenvalue weighted by molar-refractivity contribution is 5.98. The molecule has 0 aromatic heterocycles. The number of aliphatic hydroxyl groups is 1. The average Bonchev–Trinajstić information content (AvgIpc) is 2.12. The molecule has 0 bridgehead atoms. The van der Waals surface area contributed by atoms with Gasteiger partial charge in [0.2, 0.25) is 0 Å². The van der Waals surface area contributed by atoms with Crippen molar-refractivity contribution in [3.05, 3.63) is 35.1 Å².